The predicted octanol–water partition coefficient (Wildman–Crippen LogP) is 0.115. The maximum atomic E-state index is 11.7. The first kappa shape index (κ1) is 12.4. The lowest BCUT2D eigenvalue weighted by Gasteiger charge is -2.03. The molecule has 0 saturated heterocycles. The normalized spacial score (nSPS) is 9.89. The van der Waals surface area contributed by atoms with Crippen molar-refractivity contribution in [3.05, 3.63) is 52.3 Å². The molecule has 2 rings (SSSR count). The minimum Gasteiger partial charge on any atom is -0.478 e. The van der Waals surface area contributed by atoms with Crippen molar-refractivity contribution >= 4 is 17.7 Å². The van der Waals surface area contributed by atoms with E-state index in [0.29, 0.717) is 0 Å². The largest absolute Gasteiger partial charge is 0.478 e. The molecule has 0 bridgehead atoms. The number of nitrogens with one attached hydrogen (secondary N) is 2. The second-order valence-corrected chi connectivity index (χ2v) is 3.49. The van der Waals surface area contributed by atoms with Crippen molar-refractivity contribution in [1.29, 1.82) is 0 Å². The molecule has 8 heteroatoms. The van der Waals surface area contributed by atoms with E-state index in [0.717, 1.165) is 12.4 Å². The van der Waals surface area contributed by atoms with Crippen molar-refractivity contribution in [2.75, 3.05) is 5.32 Å². The van der Waals surface area contributed by atoms with E-state index in [1.807, 2.05) is 0 Å². The average Bonchev–Trinajstić information content (AvgIpc) is 2.39. The van der Waals surface area contributed by atoms with Gasteiger partial charge in [0.25, 0.3) is 11.5 Å². The lowest BCUT2D eigenvalue weighted by molar-refractivity contribution is 0.0696. The van der Waals surface area contributed by atoms with Crippen LogP contribution in [0.4, 0.5) is 5.82 Å². The predicted molar refractivity (Wildman–Crippen MR) is 64.0 cm³/mol. The van der Waals surface area contributed by atoms with Crippen LogP contribution in [-0.4, -0.2) is 31.9 Å². The van der Waals surface area contributed by atoms with Gasteiger partial charge in [0.2, 0.25) is 0 Å². The van der Waals surface area contributed by atoms with Crippen molar-refractivity contribution in [2.24, 2.45) is 0 Å². The highest BCUT2D eigenvalue weighted by molar-refractivity contribution is 6.02. The third kappa shape index (κ3) is 3.00. The number of rotatable bonds is 3. The number of carboxylic acid groups (broad SMARTS) is 1. The van der Waals surface area contributed by atoms with Crippen LogP contribution < -0.4 is 10.9 Å². The van der Waals surface area contributed by atoms with Crippen LogP contribution in [0.5, 0.6) is 0 Å². The standard InChI is InChI=1S/C11H8N4O4/c16-9-5-13-7(4-14-9)10(17)15-8-3-6(11(18)19)1-2-12-8/h1-5H,(H,14,16)(H,18,19)(H,12,15,17). The summed E-state index contributed by atoms with van der Waals surface area (Å²) in [5, 5.41) is 11.2. The number of carboxylic acids is 1. The summed E-state index contributed by atoms with van der Waals surface area (Å²) in [6.07, 6.45) is 3.38. The summed E-state index contributed by atoms with van der Waals surface area (Å²) in [7, 11) is 0. The van der Waals surface area contributed by atoms with Crippen molar-refractivity contribution in [3.63, 3.8) is 0 Å². The number of carbonyl (C=O) groups excluding carboxylic acids is 1. The Kier molecular flexibility index (Phi) is 3.33. The molecular weight excluding hydrogens is 252 g/mol. The first-order chi connectivity index (χ1) is 9.06. The summed E-state index contributed by atoms with van der Waals surface area (Å²) >= 11 is 0. The third-order valence-corrected chi connectivity index (χ3v) is 2.15. The minimum atomic E-state index is -1.12. The Labute approximate surface area is 106 Å². The molecule has 0 aromatic carbocycles. The number of pyridine rings is 1. The summed E-state index contributed by atoms with van der Waals surface area (Å²) in [6.45, 7) is 0. The molecule has 96 valence electrons. The van der Waals surface area contributed by atoms with Gasteiger partial charge in [-0.25, -0.2) is 14.8 Å². The maximum absolute atomic E-state index is 11.7. The number of hydrogen-bond acceptors (Lipinski definition) is 5. The maximum Gasteiger partial charge on any atom is 0.335 e. The van der Waals surface area contributed by atoms with Crippen LogP contribution in [0.25, 0.3) is 0 Å². The topological polar surface area (TPSA) is 125 Å². The van der Waals surface area contributed by atoms with E-state index in [-0.39, 0.29) is 17.1 Å². The molecule has 0 spiro atoms. The Hall–Kier alpha value is -3.03. The minimum absolute atomic E-state index is 0.000252. The van der Waals surface area contributed by atoms with Crippen LogP contribution >= 0.6 is 0 Å². The number of aromatic carboxylic acids is 1. The second kappa shape index (κ2) is 5.08. The van der Waals surface area contributed by atoms with Crippen LogP contribution in [0, 0.1) is 0 Å². The molecule has 0 aliphatic heterocycles. The zero-order valence-electron chi connectivity index (χ0n) is 9.45. The molecular formula is C11H8N4O4. The number of H-pyrrole nitrogens is 1. The Morgan fingerprint density at radius 3 is 2.74 bits per heavy atom. The molecule has 1 amide bonds. The summed E-state index contributed by atoms with van der Waals surface area (Å²) in [5.74, 6) is -1.65. The number of aromatic amines is 1. The van der Waals surface area contributed by atoms with Gasteiger partial charge in [0, 0.05) is 12.4 Å². The van der Waals surface area contributed by atoms with Gasteiger partial charge in [-0.3, -0.25) is 9.59 Å². The third-order valence-electron chi connectivity index (χ3n) is 2.15. The second-order valence-electron chi connectivity index (χ2n) is 3.49. The van der Waals surface area contributed by atoms with Crippen molar-refractivity contribution in [2.45, 2.75) is 0 Å². The van der Waals surface area contributed by atoms with Crippen molar-refractivity contribution < 1.29 is 14.7 Å². The summed E-state index contributed by atoms with van der Waals surface area (Å²) in [5.41, 5.74) is -0.440. The number of anilines is 1. The Morgan fingerprint density at radius 2 is 2.11 bits per heavy atom. The number of nitrogens with zero attached hydrogens (tertiary/aromatic N) is 2. The van der Waals surface area contributed by atoms with E-state index in [1.54, 1.807) is 0 Å². The van der Waals surface area contributed by atoms with Gasteiger partial charge in [0.05, 0.1) is 11.8 Å². The smallest absolute Gasteiger partial charge is 0.335 e. The molecule has 0 unspecified atom stereocenters. The molecule has 0 atom stereocenters. The fourth-order valence-corrected chi connectivity index (χ4v) is 1.28. The Bertz CT molecular complexity index is 675. The van der Waals surface area contributed by atoms with Gasteiger partial charge in [-0.1, -0.05) is 0 Å². The highest BCUT2D eigenvalue weighted by Crippen LogP contribution is 2.07. The van der Waals surface area contributed by atoms with Gasteiger partial charge >= 0.3 is 5.97 Å². The molecule has 19 heavy (non-hydrogen) atoms. The lowest BCUT2D eigenvalue weighted by Crippen LogP contribution is -2.17. The molecule has 8 nitrogen and oxygen atoms in total. The highest BCUT2D eigenvalue weighted by atomic mass is 16.4. The zero-order valence-corrected chi connectivity index (χ0v) is 9.45. The molecule has 2 aromatic rings. The van der Waals surface area contributed by atoms with E-state index in [9.17, 15) is 14.4 Å². The summed E-state index contributed by atoms with van der Waals surface area (Å²) in [6, 6.07) is 2.52. The lowest BCUT2D eigenvalue weighted by atomic mass is 10.2. The van der Waals surface area contributed by atoms with Gasteiger partial charge in [-0.2, -0.15) is 0 Å². The first-order valence-electron chi connectivity index (χ1n) is 5.11. The SMILES string of the molecule is O=C(O)c1ccnc(NC(=O)c2c[nH]c(=O)cn2)c1. The van der Waals surface area contributed by atoms with Crippen LogP contribution in [0.2, 0.25) is 0 Å². The average molecular weight is 260 g/mol. The van der Waals surface area contributed by atoms with E-state index < -0.39 is 17.4 Å². The molecule has 0 aliphatic rings. The molecule has 0 aliphatic carbocycles. The van der Waals surface area contributed by atoms with Gasteiger partial charge in [-0.05, 0) is 12.1 Å². The van der Waals surface area contributed by atoms with E-state index in [2.05, 4.69) is 20.3 Å². The van der Waals surface area contributed by atoms with Crippen LogP contribution in [0.3, 0.4) is 0 Å². The number of aromatic nitrogens is 3. The number of hydrogen-bond donors (Lipinski definition) is 3. The van der Waals surface area contributed by atoms with Crippen molar-refractivity contribution in [3.8, 4) is 0 Å². The molecule has 0 saturated carbocycles. The van der Waals surface area contributed by atoms with Gasteiger partial charge in [-0.15, -0.1) is 0 Å². The zero-order chi connectivity index (χ0) is 13.8. The van der Waals surface area contributed by atoms with E-state index in [1.165, 1.54) is 18.3 Å². The quantitative estimate of drug-likeness (QED) is 0.719. The van der Waals surface area contributed by atoms with Gasteiger partial charge in [0.15, 0.2) is 0 Å². The van der Waals surface area contributed by atoms with Crippen LogP contribution in [0.15, 0.2) is 35.5 Å². The van der Waals surface area contributed by atoms with E-state index in [4.69, 9.17) is 5.11 Å². The van der Waals surface area contributed by atoms with Crippen molar-refractivity contribution in [1.82, 2.24) is 15.0 Å². The summed E-state index contributed by atoms with van der Waals surface area (Å²) < 4.78 is 0. The fraction of sp³-hybridized carbons (Fsp3) is 0. The molecule has 0 fully saturated rings. The van der Waals surface area contributed by atoms with Crippen LogP contribution in [-0.2, 0) is 0 Å². The van der Waals surface area contributed by atoms with E-state index >= 15 is 0 Å². The number of amides is 1. The fourth-order valence-electron chi connectivity index (χ4n) is 1.28. The molecule has 0 radical (unpaired) electrons. The summed E-state index contributed by atoms with van der Waals surface area (Å²) in [4.78, 5) is 43.0. The van der Waals surface area contributed by atoms with Gasteiger partial charge < -0.3 is 15.4 Å². The van der Waals surface area contributed by atoms with Crippen LogP contribution in [0.1, 0.15) is 20.8 Å². The molecule has 2 heterocycles. The molecule has 2 aromatic heterocycles. The molecule has 3 N–H and O–H groups in total. The first-order valence-corrected chi connectivity index (χ1v) is 5.11. The Morgan fingerprint density at radius 1 is 1.32 bits per heavy atom. The monoisotopic (exact) mass is 260 g/mol. The number of carbonyl (C=O) groups is 2. The Balaban J connectivity index is 2.19. The highest BCUT2D eigenvalue weighted by Gasteiger charge is 2.10. The van der Waals surface area contributed by atoms with Gasteiger partial charge in [0.1, 0.15) is 11.5 Å².